The van der Waals surface area contributed by atoms with Gasteiger partial charge in [0, 0.05) is 11.3 Å². The minimum absolute atomic E-state index is 0.0730. The van der Waals surface area contributed by atoms with Gasteiger partial charge in [0.1, 0.15) is 5.76 Å². The summed E-state index contributed by atoms with van der Waals surface area (Å²) in [6.45, 7) is 1.92. The Morgan fingerprint density at radius 3 is 2.18 bits per heavy atom. The van der Waals surface area contributed by atoms with Crippen LogP contribution in [0.1, 0.15) is 22.7 Å². The van der Waals surface area contributed by atoms with E-state index in [1.807, 2.05) is 19.1 Å². The highest BCUT2D eigenvalue weighted by Crippen LogP contribution is 2.44. The molecule has 1 aliphatic heterocycles. The predicted octanol–water partition coefficient (Wildman–Crippen LogP) is 5.95. The second-order valence-corrected chi connectivity index (χ2v) is 8.56. The molecule has 1 fully saturated rings. The third-order valence-electron chi connectivity index (χ3n) is 5.67. The van der Waals surface area contributed by atoms with Crippen LogP contribution in [0.5, 0.6) is 11.5 Å². The van der Waals surface area contributed by atoms with Crippen LogP contribution >= 0.6 is 23.2 Å². The number of carbonyl (C=O) groups excluding carboxylic acids is 2. The SMILES string of the molecule is COc1ccc(/C(O)=C2/C(=O)C(=O)N(c3ccc(C)cc3)C2c2ccc(Cl)c(Cl)c2)cc1OC. The number of benzene rings is 3. The van der Waals surface area contributed by atoms with Gasteiger partial charge in [-0.2, -0.15) is 0 Å². The van der Waals surface area contributed by atoms with Crippen molar-refractivity contribution in [1.29, 1.82) is 0 Å². The predicted molar refractivity (Wildman–Crippen MR) is 132 cm³/mol. The summed E-state index contributed by atoms with van der Waals surface area (Å²) in [7, 11) is 2.96. The summed E-state index contributed by atoms with van der Waals surface area (Å²) in [5.74, 6) is -1.10. The van der Waals surface area contributed by atoms with Crippen LogP contribution < -0.4 is 14.4 Å². The van der Waals surface area contributed by atoms with Crippen molar-refractivity contribution in [2.24, 2.45) is 0 Å². The third kappa shape index (κ3) is 4.11. The Bertz CT molecular complexity index is 1320. The van der Waals surface area contributed by atoms with Gasteiger partial charge < -0.3 is 14.6 Å². The Morgan fingerprint density at radius 2 is 1.56 bits per heavy atom. The van der Waals surface area contributed by atoms with Crippen LogP contribution in [-0.2, 0) is 9.59 Å². The Kier molecular flexibility index (Phi) is 6.55. The first-order valence-corrected chi connectivity index (χ1v) is 11.1. The molecule has 1 atom stereocenters. The molecule has 0 saturated carbocycles. The van der Waals surface area contributed by atoms with Crippen molar-refractivity contribution < 1.29 is 24.2 Å². The second kappa shape index (κ2) is 9.41. The molecule has 0 aromatic heterocycles. The molecule has 0 aliphatic carbocycles. The van der Waals surface area contributed by atoms with Crippen molar-refractivity contribution in [2.75, 3.05) is 19.1 Å². The average Bonchev–Trinajstić information content (AvgIpc) is 3.10. The average molecular weight is 498 g/mol. The smallest absolute Gasteiger partial charge is 0.300 e. The molecule has 1 heterocycles. The fraction of sp³-hybridized carbons (Fsp3) is 0.154. The van der Waals surface area contributed by atoms with E-state index in [0.29, 0.717) is 33.3 Å². The van der Waals surface area contributed by atoms with Gasteiger partial charge in [-0.25, -0.2) is 0 Å². The van der Waals surface area contributed by atoms with E-state index in [-0.39, 0.29) is 16.4 Å². The normalized spacial score (nSPS) is 17.2. The van der Waals surface area contributed by atoms with Gasteiger partial charge >= 0.3 is 0 Å². The van der Waals surface area contributed by atoms with Crippen LogP contribution in [0.4, 0.5) is 5.69 Å². The molecule has 34 heavy (non-hydrogen) atoms. The van der Waals surface area contributed by atoms with E-state index in [9.17, 15) is 14.7 Å². The molecule has 4 rings (SSSR count). The number of ether oxygens (including phenoxy) is 2. The molecule has 3 aromatic carbocycles. The molecular weight excluding hydrogens is 477 g/mol. The lowest BCUT2D eigenvalue weighted by Gasteiger charge is -2.26. The topological polar surface area (TPSA) is 76.1 Å². The van der Waals surface area contributed by atoms with Gasteiger partial charge in [-0.15, -0.1) is 0 Å². The zero-order valence-corrected chi connectivity index (χ0v) is 20.1. The number of amides is 1. The number of hydrogen-bond donors (Lipinski definition) is 1. The van der Waals surface area contributed by atoms with Gasteiger partial charge in [0.05, 0.1) is 35.9 Å². The zero-order valence-electron chi connectivity index (χ0n) is 18.6. The lowest BCUT2D eigenvalue weighted by Crippen LogP contribution is -2.29. The van der Waals surface area contributed by atoms with Crippen molar-refractivity contribution in [1.82, 2.24) is 0 Å². The van der Waals surface area contributed by atoms with Crippen LogP contribution in [0.25, 0.3) is 5.76 Å². The standard InChI is InChI=1S/C26H21Cl2NO5/c1-14-4-8-17(9-5-14)29-23(15-6-10-18(27)19(28)12-15)22(25(31)26(29)32)24(30)16-7-11-20(33-2)21(13-16)34-3/h4-13,23,30H,1-3H3/b24-22-. The first-order valence-electron chi connectivity index (χ1n) is 10.3. The quantitative estimate of drug-likeness (QED) is 0.268. The van der Waals surface area contributed by atoms with Gasteiger partial charge in [0.2, 0.25) is 0 Å². The molecule has 6 nitrogen and oxygen atoms in total. The summed E-state index contributed by atoms with van der Waals surface area (Å²) in [5.41, 5.74) is 2.25. The highest BCUT2D eigenvalue weighted by molar-refractivity contribution is 6.51. The zero-order chi connectivity index (χ0) is 24.6. The lowest BCUT2D eigenvalue weighted by molar-refractivity contribution is -0.132. The number of nitrogens with zero attached hydrogens (tertiary/aromatic N) is 1. The molecule has 3 aromatic rings. The molecular formula is C26H21Cl2NO5. The minimum Gasteiger partial charge on any atom is -0.507 e. The maximum atomic E-state index is 13.3. The van der Waals surface area contributed by atoms with E-state index in [0.717, 1.165) is 5.56 Å². The largest absolute Gasteiger partial charge is 0.507 e. The van der Waals surface area contributed by atoms with E-state index in [2.05, 4.69) is 0 Å². The van der Waals surface area contributed by atoms with Crippen molar-refractivity contribution in [3.63, 3.8) is 0 Å². The maximum absolute atomic E-state index is 13.3. The Labute approximate surface area is 206 Å². The molecule has 8 heteroatoms. The number of carbonyl (C=O) groups is 2. The molecule has 0 radical (unpaired) electrons. The fourth-order valence-corrected chi connectivity index (χ4v) is 4.25. The summed E-state index contributed by atoms with van der Waals surface area (Å²) in [6.07, 6.45) is 0. The lowest BCUT2D eigenvalue weighted by atomic mass is 9.95. The highest BCUT2D eigenvalue weighted by Gasteiger charge is 2.47. The monoisotopic (exact) mass is 497 g/mol. The van der Waals surface area contributed by atoms with Gasteiger partial charge in [-0.05, 0) is 55.0 Å². The maximum Gasteiger partial charge on any atom is 0.300 e. The van der Waals surface area contributed by atoms with E-state index >= 15 is 0 Å². The second-order valence-electron chi connectivity index (χ2n) is 7.75. The number of Topliss-reactive ketones (excluding diaryl/α,β-unsaturated/α-hetero) is 1. The molecule has 0 bridgehead atoms. The number of aliphatic hydroxyl groups is 1. The minimum atomic E-state index is -0.925. The molecule has 1 aliphatic rings. The molecule has 1 saturated heterocycles. The van der Waals surface area contributed by atoms with Gasteiger partial charge in [0.15, 0.2) is 11.5 Å². The summed E-state index contributed by atoms with van der Waals surface area (Å²) in [4.78, 5) is 27.8. The molecule has 0 spiro atoms. The van der Waals surface area contributed by atoms with Crippen LogP contribution in [0.15, 0.2) is 66.2 Å². The third-order valence-corrected chi connectivity index (χ3v) is 6.41. The van der Waals surface area contributed by atoms with Crippen LogP contribution in [0.3, 0.4) is 0 Å². The number of aliphatic hydroxyl groups excluding tert-OH is 1. The van der Waals surface area contributed by atoms with Gasteiger partial charge in [-0.1, -0.05) is 47.0 Å². The number of anilines is 1. The number of aryl methyl sites for hydroxylation is 1. The van der Waals surface area contributed by atoms with Crippen LogP contribution in [0.2, 0.25) is 10.0 Å². The van der Waals surface area contributed by atoms with E-state index in [1.165, 1.54) is 19.1 Å². The van der Waals surface area contributed by atoms with Crippen molar-refractivity contribution in [3.05, 3.63) is 93.0 Å². The van der Waals surface area contributed by atoms with Crippen LogP contribution in [-0.4, -0.2) is 31.0 Å². The summed E-state index contributed by atoms with van der Waals surface area (Å²) in [6, 6.07) is 15.8. The van der Waals surface area contributed by atoms with E-state index in [1.54, 1.807) is 48.5 Å². The first-order chi connectivity index (χ1) is 16.3. The Balaban J connectivity index is 1.95. The Hall–Kier alpha value is -3.48. The molecule has 1 N–H and O–H groups in total. The summed E-state index contributed by atoms with van der Waals surface area (Å²) >= 11 is 12.4. The molecule has 1 amide bonds. The van der Waals surface area contributed by atoms with Crippen molar-refractivity contribution in [3.8, 4) is 11.5 Å². The first kappa shape index (κ1) is 23.7. The highest BCUT2D eigenvalue weighted by atomic mass is 35.5. The number of halogens is 2. The number of hydrogen-bond acceptors (Lipinski definition) is 5. The number of methoxy groups -OCH3 is 2. The number of ketones is 1. The van der Waals surface area contributed by atoms with Gasteiger partial charge in [-0.3, -0.25) is 14.5 Å². The Morgan fingerprint density at radius 1 is 0.882 bits per heavy atom. The van der Waals surface area contributed by atoms with Crippen LogP contribution in [0, 0.1) is 6.92 Å². The van der Waals surface area contributed by atoms with Crippen molar-refractivity contribution >= 4 is 46.3 Å². The summed E-state index contributed by atoms with van der Waals surface area (Å²) < 4.78 is 10.6. The van der Waals surface area contributed by atoms with Gasteiger partial charge in [0.25, 0.3) is 11.7 Å². The summed E-state index contributed by atoms with van der Waals surface area (Å²) in [5, 5.41) is 11.9. The molecule has 1 unspecified atom stereocenters. The number of rotatable bonds is 5. The molecule has 174 valence electrons. The fourth-order valence-electron chi connectivity index (χ4n) is 3.94. The van der Waals surface area contributed by atoms with Crippen molar-refractivity contribution in [2.45, 2.75) is 13.0 Å². The van der Waals surface area contributed by atoms with E-state index < -0.39 is 17.7 Å². The van der Waals surface area contributed by atoms with E-state index in [4.69, 9.17) is 32.7 Å².